The lowest BCUT2D eigenvalue weighted by Crippen LogP contribution is -2.46. The van der Waals surface area contributed by atoms with Crippen molar-refractivity contribution in [3.8, 4) is 0 Å². The zero-order chi connectivity index (χ0) is 22.1. The average molecular weight is 470 g/mol. The van der Waals surface area contributed by atoms with Crippen LogP contribution in [0.2, 0.25) is 10.0 Å². The zero-order valence-electron chi connectivity index (χ0n) is 15.8. The van der Waals surface area contributed by atoms with E-state index < -0.39 is 39.4 Å². The Kier molecular flexibility index (Phi) is 6.50. The SMILES string of the molecule is CS(=O)(=O)CC[C@@H](C(=O)OCc1ccccc1)N1C(=O)c2cc(Cl)c(Cl)cc2C1=O. The van der Waals surface area contributed by atoms with E-state index in [1.165, 1.54) is 12.1 Å². The van der Waals surface area contributed by atoms with Crippen LogP contribution >= 0.6 is 23.2 Å². The number of sulfone groups is 1. The van der Waals surface area contributed by atoms with Gasteiger partial charge in [-0.15, -0.1) is 0 Å². The van der Waals surface area contributed by atoms with Crippen LogP contribution in [0.25, 0.3) is 0 Å². The first kappa shape index (κ1) is 22.3. The van der Waals surface area contributed by atoms with Crippen LogP contribution in [0.15, 0.2) is 42.5 Å². The molecular weight excluding hydrogens is 453 g/mol. The number of carbonyl (C=O) groups excluding carboxylic acids is 3. The standard InChI is InChI=1S/C20H17Cl2NO6S/c1-30(27,28)8-7-17(20(26)29-11-12-5-3-2-4-6-12)23-18(24)13-9-15(21)16(22)10-14(13)19(23)25/h2-6,9-10,17H,7-8,11H2,1H3/t17-/m0/s1. The molecule has 0 saturated carbocycles. The average Bonchev–Trinajstić information content (AvgIpc) is 2.91. The van der Waals surface area contributed by atoms with Gasteiger partial charge >= 0.3 is 5.97 Å². The highest BCUT2D eigenvalue weighted by molar-refractivity contribution is 7.90. The molecule has 1 aliphatic rings. The van der Waals surface area contributed by atoms with Crippen molar-refractivity contribution in [3.63, 3.8) is 0 Å². The molecule has 1 heterocycles. The van der Waals surface area contributed by atoms with E-state index in [4.69, 9.17) is 27.9 Å². The number of carbonyl (C=O) groups is 3. The van der Waals surface area contributed by atoms with E-state index in [2.05, 4.69) is 0 Å². The Hall–Kier alpha value is -2.42. The molecule has 30 heavy (non-hydrogen) atoms. The largest absolute Gasteiger partial charge is 0.459 e. The quantitative estimate of drug-likeness (QED) is 0.456. The summed E-state index contributed by atoms with van der Waals surface area (Å²) < 4.78 is 28.6. The maximum Gasteiger partial charge on any atom is 0.329 e. The second-order valence-electron chi connectivity index (χ2n) is 6.82. The summed E-state index contributed by atoms with van der Waals surface area (Å²) in [4.78, 5) is 39.2. The summed E-state index contributed by atoms with van der Waals surface area (Å²) in [6, 6.07) is 9.91. The van der Waals surface area contributed by atoms with Crippen LogP contribution in [-0.2, 0) is 26.0 Å². The fourth-order valence-electron chi connectivity index (χ4n) is 3.04. The summed E-state index contributed by atoms with van der Waals surface area (Å²) >= 11 is 11.9. The van der Waals surface area contributed by atoms with Crippen LogP contribution in [-0.4, -0.2) is 49.2 Å². The van der Waals surface area contributed by atoms with Gasteiger partial charge in [0.25, 0.3) is 11.8 Å². The van der Waals surface area contributed by atoms with E-state index in [9.17, 15) is 22.8 Å². The maximum atomic E-state index is 12.9. The van der Waals surface area contributed by atoms with Gasteiger partial charge in [0.1, 0.15) is 22.5 Å². The summed E-state index contributed by atoms with van der Waals surface area (Å²) in [5, 5.41) is 0.163. The Morgan fingerprint density at radius 2 is 1.57 bits per heavy atom. The van der Waals surface area contributed by atoms with Crippen molar-refractivity contribution in [1.29, 1.82) is 0 Å². The van der Waals surface area contributed by atoms with Crippen LogP contribution in [0.3, 0.4) is 0 Å². The first-order valence-electron chi connectivity index (χ1n) is 8.83. The molecule has 0 N–H and O–H groups in total. The van der Waals surface area contributed by atoms with Gasteiger partial charge in [-0.25, -0.2) is 13.2 Å². The molecule has 0 fully saturated rings. The second kappa shape index (κ2) is 8.75. The van der Waals surface area contributed by atoms with E-state index in [1.54, 1.807) is 30.3 Å². The number of imide groups is 1. The summed E-state index contributed by atoms with van der Waals surface area (Å²) in [5.41, 5.74) is 0.692. The third-order valence-electron chi connectivity index (χ3n) is 4.53. The minimum Gasteiger partial charge on any atom is -0.459 e. The van der Waals surface area contributed by atoms with Gasteiger partial charge in [-0.3, -0.25) is 14.5 Å². The van der Waals surface area contributed by atoms with Gasteiger partial charge in [-0.2, -0.15) is 0 Å². The van der Waals surface area contributed by atoms with Crippen LogP contribution < -0.4 is 0 Å². The number of ether oxygens (including phenoxy) is 1. The van der Waals surface area contributed by atoms with Gasteiger partial charge < -0.3 is 4.74 Å². The molecule has 0 unspecified atom stereocenters. The summed E-state index contributed by atoms with van der Waals surface area (Å²) in [6.07, 6.45) is 0.709. The van der Waals surface area contributed by atoms with E-state index in [0.717, 1.165) is 11.2 Å². The number of nitrogens with zero attached hydrogens (tertiary/aromatic N) is 1. The highest BCUT2D eigenvalue weighted by Crippen LogP contribution is 2.33. The number of fused-ring (bicyclic) bond motifs is 1. The number of amides is 2. The third-order valence-corrected chi connectivity index (χ3v) is 6.23. The minimum atomic E-state index is -3.46. The summed E-state index contributed by atoms with van der Waals surface area (Å²) in [6.45, 7) is -0.0874. The number of benzene rings is 2. The smallest absolute Gasteiger partial charge is 0.329 e. The highest BCUT2D eigenvalue weighted by Gasteiger charge is 2.44. The third kappa shape index (κ3) is 4.83. The lowest BCUT2D eigenvalue weighted by atomic mass is 10.1. The first-order chi connectivity index (χ1) is 14.1. The fraction of sp³-hybridized carbons (Fsp3) is 0.250. The predicted octanol–water partition coefficient (Wildman–Crippen LogP) is 3.14. The van der Waals surface area contributed by atoms with Gasteiger partial charge in [0.05, 0.1) is 26.9 Å². The van der Waals surface area contributed by atoms with Crippen molar-refractivity contribution in [2.75, 3.05) is 12.0 Å². The topological polar surface area (TPSA) is 97.8 Å². The summed E-state index contributed by atoms with van der Waals surface area (Å²) in [5.74, 6) is -2.81. The first-order valence-corrected chi connectivity index (χ1v) is 11.7. The molecule has 0 bridgehead atoms. The second-order valence-corrected chi connectivity index (χ2v) is 9.89. The van der Waals surface area contributed by atoms with Crippen molar-refractivity contribution in [1.82, 2.24) is 4.90 Å². The van der Waals surface area contributed by atoms with Gasteiger partial charge in [0, 0.05) is 6.26 Å². The van der Waals surface area contributed by atoms with Gasteiger partial charge in [-0.1, -0.05) is 53.5 Å². The number of hydrogen-bond acceptors (Lipinski definition) is 6. The van der Waals surface area contributed by atoms with Crippen molar-refractivity contribution in [2.24, 2.45) is 0 Å². The molecule has 1 atom stereocenters. The Balaban J connectivity index is 1.89. The molecule has 0 saturated heterocycles. The molecule has 3 rings (SSSR count). The number of hydrogen-bond donors (Lipinski definition) is 0. The molecule has 2 aromatic rings. The molecule has 0 spiro atoms. The van der Waals surface area contributed by atoms with Crippen LogP contribution in [0, 0.1) is 0 Å². The van der Waals surface area contributed by atoms with Crippen molar-refractivity contribution in [2.45, 2.75) is 19.1 Å². The van der Waals surface area contributed by atoms with Crippen molar-refractivity contribution in [3.05, 3.63) is 69.2 Å². The minimum absolute atomic E-state index is 0.00499. The number of esters is 1. The molecule has 158 valence electrons. The number of rotatable bonds is 7. The lowest BCUT2D eigenvalue weighted by Gasteiger charge is -2.24. The van der Waals surface area contributed by atoms with Crippen molar-refractivity contribution >= 4 is 50.8 Å². The monoisotopic (exact) mass is 469 g/mol. The van der Waals surface area contributed by atoms with E-state index in [-0.39, 0.29) is 34.2 Å². The summed E-state index contributed by atoms with van der Waals surface area (Å²) in [7, 11) is -3.46. The fourth-order valence-corrected chi connectivity index (χ4v) is 4.02. The van der Waals surface area contributed by atoms with E-state index in [1.807, 2.05) is 0 Å². The molecule has 10 heteroatoms. The molecular formula is C20H17Cl2NO6S. The van der Waals surface area contributed by atoms with E-state index in [0.29, 0.717) is 5.56 Å². The van der Waals surface area contributed by atoms with Crippen LogP contribution in [0.1, 0.15) is 32.7 Å². The Bertz CT molecular complexity index is 1080. The van der Waals surface area contributed by atoms with Crippen molar-refractivity contribution < 1.29 is 27.5 Å². The molecule has 0 aromatic heterocycles. The molecule has 0 radical (unpaired) electrons. The molecule has 0 aliphatic carbocycles. The van der Waals surface area contributed by atoms with Gasteiger partial charge in [0.15, 0.2) is 0 Å². The Morgan fingerprint density at radius 1 is 1.03 bits per heavy atom. The lowest BCUT2D eigenvalue weighted by molar-refractivity contribution is -0.149. The van der Waals surface area contributed by atoms with Gasteiger partial charge in [0.2, 0.25) is 0 Å². The number of halogens is 2. The molecule has 1 aliphatic heterocycles. The Labute approximate surface area is 183 Å². The van der Waals surface area contributed by atoms with Crippen LogP contribution in [0.4, 0.5) is 0 Å². The zero-order valence-corrected chi connectivity index (χ0v) is 18.1. The molecule has 2 aromatic carbocycles. The molecule has 2 amide bonds. The predicted molar refractivity (Wildman–Crippen MR) is 111 cm³/mol. The highest BCUT2D eigenvalue weighted by atomic mass is 35.5. The van der Waals surface area contributed by atoms with Crippen LogP contribution in [0.5, 0.6) is 0 Å². The maximum absolute atomic E-state index is 12.9. The molecule has 7 nitrogen and oxygen atoms in total. The van der Waals surface area contributed by atoms with Gasteiger partial charge in [-0.05, 0) is 24.1 Å². The normalized spacial score (nSPS) is 14.6. The Morgan fingerprint density at radius 3 is 2.07 bits per heavy atom. The van der Waals surface area contributed by atoms with E-state index >= 15 is 0 Å².